The maximum absolute atomic E-state index is 14.2. The third kappa shape index (κ3) is 2.88. The maximum atomic E-state index is 14.2. The van der Waals surface area contributed by atoms with Gasteiger partial charge >= 0.3 is 0 Å². The van der Waals surface area contributed by atoms with Crippen molar-refractivity contribution in [1.82, 2.24) is 14.5 Å². The Morgan fingerprint density at radius 2 is 2.08 bits per heavy atom. The summed E-state index contributed by atoms with van der Waals surface area (Å²) in [6.07, 6.45) is 1.31. The Bertz CT molecular complexity index is 961. The molecule has 5 nitrogen and oxygen atoms in total. The molecular weight excluding hydrogens is 336 g/mol. The average molecular weight is 348 g/mol. The monoisotopic (exact) mass is 347 g/mol. The normalized spacial score (nSPS) is 10.8. The van der Waals surface area contributed by atoms with E-state index in [1.165, 1.54) is 10.9 Å². The molecule has 2 heterocycles. The fourth-order valence-electron chi connectivity index (χ4n) is 2.58. The molecule has 2 aromatic heterocycles. The molecule has 1 aromatic carbocycles. The SMILES string of the molecule is Cc1cc(F)c(F)c2c1cc(C#N)n2CCNc1cc(Cl)ncn1. The van der Waals surface area contributed by atoms with Gasteiger partial charge < -0.3 is 9.88 Å². The van der Waals surface area contributed by atoms with Gasteiger partial charge in [-0.05, 0) is 24.6 Å². The third-order valence-corrected chi connectivity index (χ3v) is 3.88. The Hall–Kier alpha value is -2.72. The van der Waals surface area contributed by atoms with Crippen LogP contribution in [0.25, 0.3) is 10.9 Å². The standard InChI is InChI=1S/C16H12ClF2N5/c1-9-4-12(18)15(19)16-11(9)5-10(7-20)24(16)3-2-21-14-6-13(17)22-8-23-14/h4-6,8H,2-3H2,1H3,(H,21,22,23). The number of rotatable bonds is 4. The minimum Gasteiger partial charge on any atom is -0.368 e. The lowest BCUT2D eigenvalue weighted by Gasteiger charge is -2.10. The van der Waals surface area contributed by atoms with Crippen LogP contribution in [0.1, 0.15) is 11.3 Å². The van der Waals surface area contributed by atoms with E-state index in [1.807, 2.05) is 6.07 Å². The molecule has 0 radical (unpaired) electrons. The van der Waals surface area contributed by atoms with Crippen molar-refractivity contribution in [3.8, 4) is 6.07 Å². The summed E-state index contributed by atoms with van der Waals surface area (Å²) < 4.78 is 29.4. The first kappa shape index (κ1) is 16.1. The highest BCUT2D eigenvalue weighted by molar-refractivity contribution is 6.29. The van der Waals surface area contributed by atoms with Crippen LogP contribution in [0.15, 0.2) is 24.5 Å². The molecule has 8 heteroatoms. The zero-order valence-electron chi connectivity index (χ0n) is 12.6. The highest BCUT2D eigenvalue weighted by Gasteiger charge is 2.17. The van der Waals surface area contributed by atoms with Gasteiger partial charge in [-0.15, -0.1) is 0 Å². The largest absolute Gasteiger partial charge is 0.368 e. The Labute approximate surface area is 141 Å². The molecule has 0 spiro atoms. The predicted molar refractivity (Wildman–Crippen MR) is 86.8 cm³/mol. The summed E-state index contributed by atoms with van der Waals surface area (Å²) >= 11 is 5.77. The molecule has 0 aliphatic heterocycles. The lowest BCUT2D eigenvalue weighted by molar-refractivity contribution is 0.510. The number of nitriles is 1. The van der Waals surface area contributed by atoms with Crippen LogP contribution < -0.4 is 5.32 Å². The van der Waals surface area contributed by atoms with Crippen molar-refractivity contribution < 1.29 is 8.78 Å². The number of fused-ring (bicyclic) bond motifs is 1. The van der Waals surface area contributed by atoms with Crippen LogP contribution in [0.5, 0.6) is 0 Å². The van der Waals surface area contributed by atoms with Gasteiger partial charge in [0.1, 0.15) is 29.1 Å². The van der Waals surface area contributed by atoms with Crippen molar-refractivity contribution in [2.24, 2.45) is 0 Å². The van der Waals surface area contributed by atoms with Gasteiger partial charge in [-0.25, -0.2) is 18.7 Å². The quantitative estimate of drug-likeness (QED) is 0.731. The topological polar surface area (TPSA) is 66.5 Å². The molecule has 0 aliphatic rings. The number of hydrogen-bond acceptors (Lipinski definition) is 4. The van der Waals surface area contributed by atoms with Crippen molar-refractivity contribution in [2.45, 2.75) is 13.5 Å². The fraction of sp³-hybridized carbons (Fsp3) is 0.188. The Balaban J connectivity index is 1.92. The van der Waals surface area contributed by atoms with Crippen LogP contribution in [0, 0.1) is 29.9 Å². The number of aromatic nitrogens is 3. The summed E-state index contributed by atoms with van der Waals surface area (Å²) in [4.78, 5) is 7.77. The second-order valence-electron chi connectivity index (χ2n) is 5.20. The molecule has 3 aromatic rings. The first-order valence-electron chi connectivity index (χ1n) is 7.10. The molecule has 0 atom stereocenters. The number of halogens is 3. The highest BCUT2D eigenvalue weighted by atomic mass is 35.5. The van der Waals surface area contributed by atoms with E-state index in [1.54, 1.807) is 19.1 Å². The van der Waals surface area contributed by atoms with Gasteiger partial charge in [0.2, 0.25) is 0 Å². The minimum atomic E-state index is -0.956. The summed E-state index contributed by atoms with van der Waals surface area (Å²) in [6, 6.07) is 6.26. The second kappa shape index (κ2) is 6.42. The Morgan fingerprint density at radius 1 is 1.29 bits per heavy atom. The van der Waals surface area contributed by atoms with Crippen LogP contribution in [0.3, 0.4) is 0 Å². The van der Waals surface area contributed by atoms with E-state index in [4.69, 9.17) is 11.6 Å². The van der Waals surface area contributed by atoms with E-state index >= 15 is 0 Å². The van der Waals surface area contributed by atoms with Crippen LogP contribution in [-0.4, -0.2) is 21.1 Å². The molecule has 24 heavy (non-hydrogen) atoms. The molecule has 0 saturated heterocycles. The van der Waals surface area contributed by atoms with E-state index in [0.29, 0.717) is 28.5 Å². The van der Waals surface area contributed by atoms with E-state index in [0.717, 1.165) is 6.07 Å². The van der Waals surface area contributed by atoms with Gasteiger partial charge in [0.15, 0.2) is 11.6 Å². The Kier molecular flexibility index (Phi) is 4.32. The molecular formula is C16H12ClF2N5. The molecule has 0 fully saturated rings. The molecule has 3 rings (SSSR count). The van der Waals surface area contributed by atoms with E-state index in [-0.39, 0.29) is 17.8 Å². The second-order valence-corrected chi connectivity index (χ2v) is 5.58. The number of hydrogen-bond donors (Lipinski definition) is 1. The highest BCUT2D eigenvalue weighted by Crippen LogP contribution is 2.27. The average Bonchev–Trinajstić information content (AvgIpc) is 2.92. The summed E-state index contributed by atoms with van der Waals surface area (Å²) in [5.41, 5.74) is 0.932. The third-order valence-electron chi connectivity index (χ3n) is 3.67. The smallest absolute Gasteiger partial charge is 0.183 e. The predicted octanol–water partition coefficient (Wildman–Crippen LogP) is 3.66. The molecule has 0 aliphatic carbocycles. The fourth-order valence-corrected chi connectivity index (χ4v) is 2.73. The van der Waals surface area contributed by atoms with Crippen molar-refractivity contribution in [2.75, 3.05) is 11.9 Å². The van der Waals surface area contributed by atoms with Gasteiger partial charge in [-0.3, -0.25) is 0 Å². The molecule has 0 bridgehead atoms. The summed E-state index contributed by atoms with van der Waals surface area (Å²) in [5.74, 6) is -1.38. The molecule has 0 saturated carbocycles. The summed E-state index contributed by atoms with van der Waals surface area (Å²) in [5, 5.41) is 13.1. The van der Waals surface area contributed by atoms with Gasteiger partial charge in [0, 0.05) is 24.5 Å². The summed E-state index contributed by atoms with van der Waals surface area (Å²) in [6.45, 7) is 2.28. The van der Waals surface area contributed by atoms with Gasteiger partial charge in [-0.1, -0.05) is 11.6 Å². The molecule has 1 N–H and O–H groups in total. The van der Waals surface area contributed by atoms with Crippen molar-refractivity contribution in [3.63, 3.8) is 0 Å². The Morgan fingerprint density at radius 3 is 2.79 bits per heavy atom. The number of nitrogens with zero attached hydrogens (tertiary/aromatic N) is 4. The molecule has 0 amide bonds. The first-order valence-corrected chi connectivity index (χ1v) is 7.48. The van der Waals surface area contributed by atoms with E-state index in [2.05, 4.69) is 15.3 Å². The lowest BCUT2D eigenvalue weighted by atomic mass is 10.1. The van der Waals surface area contributed by atoms with Gasteiger partial charge in [0.05, 0.1) is 5.52 Å². The first-order chi connectivity index (χ1) is 11.5. The van der Waals surface area contributed by atoms with Crippen molar-refractivity contribution in [1.29, 1.82) is 5.26 Å². The van der Waals surface area contributed by atoms with E-state index in [9.17, 15) is 14.0 Å². The zero-order valence-corrected chi connectivity index (χ0v) is 13.4. The van der Waals surface area contributed by atoms with E-state index < -0.39 is 11.6 Å². The molecule has 122 valence electrons. The van der Waals surface area contributed by atoms with Crippen LogP contribution in [-0.2, 0) is 6.54 Å². The number of aryl methyl sites for hydroxylation is 1. The molecule has 0 unspecified atom stereocenters. The number of anilines is 1. The minimum absolute atomic E-state index is 0.0894. The maximum Gasteiger partial charge on any atom is 0.183 e. The number of nitrogens with one attached hydrogen (secondary N) is 1. The zero-order chi connectivity index (χ0) is 17.3. The van der Waals surface area contributed by atoms with Crippen LogP contribution in [0.2, 0.25) is 5.15 Å². The lowest BCUT2D eigenvalue weighted by Crippen LogP contribution is -2.13. The van der Waals surface area contributed by atoms with Crippen LogP contribution >= 0.6 is 11.6 Å². The van der Waals surface area contributed by atoms with Crippen molar-refractivity contribution in [3.05, 3.63) is 52.6 Å². The van der Waals surface area contributed by atoms with Crippen LogP contribution in [0.4, 0.5) is 14.6 Å². The van der Waals surface area contributed by atoms with Gasteiger partial charge in [0.25, 0.3) is 0 Å². The van der Waals surface area contributed by atoms with Gasteiger partial charge in [-0.2, -0.15) is 5.26 Å². The van der Waals surface area contributed by atoms with Crippen molar-refractivity contribution >= 4 is 28.3 Å². The summed E-state index contributed by atoms with van der Waals surface area (Å²) in [7, 11) is 0. The number of benzene rings is 1.